The lowest BCUT2D eigenvalue weighted by molar-refractivity contribution is -0.174. The second-order valence-electron chi connectivity index (χ2n) is 11.2. The zero-order chi connectivity index (χ0) is 18.7. The Balaban J connectivity index is 1.61. The highest BCUT2D eigenvalue weighted by Crippen LogP contribution is 2.68. The summed E-state index contributed by atoms with van der Waals surface area (Å²) in [5, 5.41) is 21.7. The number of hydrogen-bond acceptors (Lipinski definition) is 2. The number of rotatable bonds is 3. The molecule has 0 amide bonds. The molecule has 0 heterocycles. The van der Waals surface area contributed by atoms with Gasteiger partial charge in [-0.1, -0.05) is 40.5 Å². The van der Waals surface area contributed by atoms with Crippen molar-refractivity contribution < 1.29 is 10.2 Å². The summed E-state index contributed by atoms with van der Waals surface area (Å²) in [6.45, 7) is 9.73. The van der Waals surface area contributed by atoms with E-state index in [0.717, 1.165) is 37.0 Å². The molecular weight excluding hydrogens is 320 g/mol. The lowest BCUT2D eigenvalue weighted by Gasteiger charge is -2.62. The van der Waals surface area contributed by atoms with E-state index in [1.807, 2.05) is 0 Å². The second kappa shape index (κ2) is 6.76. The van der Waals surface area contributed by atoms with Gasteiger partial charge in [0.15, 0.2) is 0 Å². The Hall–Kier alpha value is -0.0800. The van der Waals surface area contributed by atoms with Gasteiger partial charge in [0.1, 0.15) is 0 Å². The van der Waals surface area contributed by atoms with E-state index in [1.54, 1.807) is 0 Å². The minimum absolute atomic E-state index is 0.0749. The molecule has 0 radical (unpaired) electrons. The van der Waals surface area contributed by atoms with Crippen LogP contribution in [0.2, 0.25) is 0 Å². The molecule has 2 heteroatoms. The van der Waals surface area contributed by atoms with Crippen molar-refractivity contribution in [2.24, 2.45) is 46.3 Å². The normalized spacial score (nSPS) is 54.9. The van der Waals surface area contributed by atoms with Crippen LogP contribution in [0.4, 0.5) is 0 Å². The molecule has 4 fully saturated rings. The first-order chi connectivity index (χ1) is 12.3. The summed E-state index contributed by atoms with van der Waals surface area (Å²) in [7, 11) is 0. The number of aliphatic hydroxyl groups excluding tert-OH is 2. The quantitative estimate of drug-likeness (QED) is 0.704. The Bertz CT molecular complexity index is 518. The van der Waals surface area contributed by atoms with E-state index in [-0.39, 0.29) is 17.6 Å². The SMILES string of the molecule is CCCC(C)[C@H]1CCC2C3CC[C@@H]4C[C@H](O)CC[C@]4(C)C3C[C@H](O)[C@@]21C. The zero-order valence-electron chi connectivity index (χ0n) is 17.6. The fourth-order valence-corrected chi connectivity index (χ4v) is 8.82. The molecule has 4 saturated carbocycles. The average molecular weight is 363 g/mol. The van der Waals surface area contributed by atoms with Crippen LogP contribution in [0.3, 0.4) is 0 Å². The van der Waals surface area contributed by atoms with E-state index in [4.69, 9.17) is 0 Å². The molecule has 0 spiro atoms. The number of hydrogen-bond donors (Lipinski definition) is 2. The van der Waals surface area contributed by atoms with Gasteiger partial charge in [0, 0.05) is 0 Å². The summed E-state index contributed by atoms with van der Waals surface area (Å²) in [5.41, 5.74) is 0.505. The van der Waals surface area contributed by atoms with Crippen LogP contribution >= 0.6 is 0 Å². The third-order valence-corrected chi connectivity index (χ3v) is 10.2. The van der Waals surface area contributed by atoms with E-state index in [9.17, 15) is 10.2 Å². The molecule has 4 rings (SSSR count). The monoisotopic (exact) mass is 362 g/mol. The van der Waals surface area contributed by atoms with Crippen molar-refractivity contribution in [1.82, 2.24) is 0 Å². The summed E-state index contributed by atoms with van der Waals surface area (Å²) in [6.07, 6.45) is 11.9. The molecular formula is C24H42O2. The van der Waals surface area contributed by atoms with Crippen molar-refractivity contribution in [3.63, 3.8) is 0 Å². The first-order valence-electron chi connectivity index (χ1n) is 11.7. The average Bonchev–Trinajstić information content (AvgIpc) is 2.96. The Labute approximate surface area is 161 Å². The summed E-state index contributed by atoms with van der Waals surface area (Å²) in [5.74, 6) is 4.37. The highest BCUT2D eigenvalue weighted by molar-refractivity contribution is 5.12. The van der Waals surface area contributed by atoms with Gasteiger partial charge in [0.05, 0.1) is 12.2 Å². The lowest BCUT2D eigenvalue weighted by atomic mass is 9.43. The molecule has 4 aliphatic carbocycles. The minimum Gasteiger partial charge on any atom is -0.393 e. The van der Waals surface area contributed by atoms with Crippen molar-refractivity contribution in [2.45, 2.75) is 104 Å². The van der Waals surface area contributed by atoms with Crippen LogP contribution < -0.4 is 0 Å². The van der Waals surface area contributed by atoms with Crippen molar-refractivity contribution in [3.05, 3.63) is 0 Å². The molecule has 26 heavy (non-hydrogen) atoms. The van der Waals surface area contributed by atoms with E-state index in [0.29, 0.717) is 23.2 Å². The van der Waals surface area contributed by atoms with Gasteiger partial charge >= 0.3 is 0 Å². The highest BCUT2D eigenvalue weighted by atomic mass is 16.3. The van der Waals surface area contributed by atoms with Gasteiger partial charge in [0.2, 0.25) is 0 Å². The second-order valence-corrected chi connectivity index (χ2v) is 11.2. The van der Waals surface area contributed by atoms with Crippen molar-refractivity contribution in [3.8, 4) is 0 Å². The molecule has 2 N–H and O–H groups in total. The predicted octanol–water partition coefficient (Wildman–Crippen LogP) is 5.41. The fraction of sp³-hybridized carbons (Fsp3) is 1.00. The molecule has 150 valence electrons. The largest absolute Gasteiger partial charge is 0.393 e. The van der Waals surface area contributed by atoms with Crippen LogP contribution in [0.15, 0.2) is 0 Å². The summed E-state index contributed by atoms with van der Waals surface area (Å²) < 4.78 is 0. The highest BCUT2D eigenvalue weighted by Gasteiger charge is 2.63. The topological polar surface area (TPSA) is 40.5 Å². The summed E-state index contributed by atoms with van der Waals surface area (Å²) in [4.78, 5) is 0. The first kappa shape index (κ1) is 19.2. The smallest absolute Gasteiger partial charge is 0.0602 e. The standard InChI is InChI=1S/C24H42O2/c1-5-6-15(2)19-9-10-20-18-8-7-16-13-17(25)11-12-23(16,3)21(18)14-22(26)24(19,20)4/h15-22,25-26H,5-14H2,1-4H3/t15?,16-,17-,18?,19-,20?,21?,22+,23+,24-/m1/s1. The van der Waals surface area contributed by atoms with Crippen LogP contribution in [0.1, 0.15) is 91.9 Å². The summed E-state index contributed by atoms with van der Waals surface area (Å²) >= 11 is 0. The van der Waals surface area contributed by atoms with Crippen LogP contribution in [-0.2, 0) is 0 Å². The van der Waals surface area contributed by atoms with Crippen molar-refractivity contribution >= 4 is 0 Å². The minimum atomic E-state index is -0.122. The number of fused-ring (bicyclic) bond motifs is 5. The van der Waals surface area contributed by atoms with Gasteiger partial charge in [-0.05, 0) is 97.7 Å². The van der Waals surface area contributed by atoms with Gasteiger partial charge < -0.3 is 10.2 Å². The maximum Gasteiger partial charge on any atom is 0.0602 e. The molecule has 0 aromatic carbocycles. The number of aliphatic hydroxyl groups is 2. The van der Waals surface area contributed by atoms with Crippen LogP contribution in [-0.4, -0.2) is 22.4 Å². The van der Waals surface area contributed by atoms with E-state index >= 15 is 0 Å². The Morgan fingerprint density at radius 1 is 0.962 bits per heavy atom. The van der Waals surface area contributed by atoms with Crippen molar-refractivity contribution in [2.75, 3.05) is 0 Å². The van der Waals surface area contributed by atoms with Crippen molar-refractivity contribution in [1.29, 1.82) is 0 Å². The third-order valence-electron chi connectivity index (χ3n) is 10.2. The molecule has 4 unspecified atom stereocenters. The molecule has 0 aliphatic heterocycles. The summed E-state index contributed by atoms with van der Waals surface area (Å²) in [6, 6.07) is 0. The van der Waals surface area contributed by atoms with Crippen LogP contribution in [0, 0.1) is 46.3 Å². The molecule has 10 atom stereocenters. The lowest BCUT2D eigenvalue weighted by Crippen LogP contribution is -2.58. The third kappa shape index (κ3) is 2.65. The van der Waals surface area contributed by atoms with Gasteiger partial charge in [-0.3, -0.25) is 0 Å². The molecule has 0 saturated heterocycles. The zero-order valence-corrected chi connectivity index (χ0v) is 17.6. The Morgan fingerprint density at radius 2 is 1.73 bits per heavy atom. The predicted molar refractivity (Wildman–Crippen MR) is 107 cm³/mol. The molecule has 0 aromatic rings. The van der Waals surface area contributed by atoms with Gasteiger partial charge in [-0.2, -0.15) is 0 Å². The van der Waals surface area contributed by atoms with E-state index < -0.39 is 0 Å². The Morgan fingerprint density at radius 3 is 2.46 bits per heavy atom. The molecule has 0 bridgehead atoms. The molecule has 4 aliphatic rings. The van der Waals surface area contributed by atoms with E-state index in [1.165, 1.54) is 44.9 Å². The van der Waals surface area contributed by atoms with Gasteiger partial charge in [-0.15, -0.1) is 0 Å². The van der Waals surface area contributed by atoms with Crippen LogP contribution in [0.25, 0.3) is 0 Å². The maximum absolute atomic E-state index is 11.5. The van der Waals surface area contributed by atoms with Crippen LogP contribution in [0.5, 0.6) is 0 Å². The van der Waals surface area contributed by atoms with Gasteiger partial charge in [0.25, 0.3) is 0 Å². The van der Waals surface area contributed by atoms with Gasteiger partial charge in [-0.25, -0.2) is 0 Å². The van der Waals surface area contributed by atoms with E-state index in [2.05, 4.69) is 27.7 Å². The Kier molecular flexibility index (Phi) is 5.01. The maximum atomic E-state index is 11.5. The molecule has 0 aromatic heterocycles. The first-order valence-corrected chi connectivity index (χ1v) is 11.7. The molecule has 2 nitrogen and oxygen atoms in total. The fourth-order valence-electron chi connectivity index (χ4n) is 8.82.